The Kier molecular flexibility index (Phi) is 4.62. The average Bonchev–Trinajstić information content (AvgIpc) is 2.83. The Morgan fingerprint density at radius 3 is 3.10 bits per heavy atom. The van der Waals surface area contributed by atoms with Crippen molar-refractivity contribution in [3.63, 3.8) is 0 Å². The first kappa shape index (κ1) is 14.8. The summed E-state index contributed by atoms with van der Waals surface area (Å²) < 4.78 is 5.23. The lowest BCUT2D eigenvalue weighted by Crippen LogP contribution is -2.52. The van der Waals surface area contributed by atoms with Crippen molar-refractivity contribution in [2.24, 2.45) is 0 Å². The van der Waals surface area contributed by atoms with Crippen LogP contribution < -0.4 is 5.32 Å². The molecule has 1 N–H and O–H groups in total. The zero-order valence-electron chi connectivity index (χ0n) is 11.3. The van der Waals surface area contributed by atoms with Crippen LogP contribution in [0, 0.1) is 0 Å². The van der Waals surface area contributed by atoms with Crippen LogP contribution in [0.2, 0.25) is 0 Å². The van der Waals surface area contributed by atoms with Crippen LogP contribution >= 0.6 is 12.4 Å². The van der Waals surface area contributed by atoms with Gasteiger partial charge in [-0.15, -0.1) is 12.4 Å². The maximum Gasteiger partial charge on any atom is 0.229 e. The van der Waals surface area contributed by atoms with Crippen molar-refractivity contribution in [3.8, 4) is 0 Å². The van der Waals surface area contributed by atoms with Crippen LogP contribution in [0.4, 0.5) is 0 Å². The number of benzene rings is 1. The van der Waals surface area contributed by atoms with Crippen molar-refractivity contribution in [2.45, 2.75) is 19.4 Å². The Bertz CT molecular complexity index is 599. The third kappa shape index (κ3) is 2.78. The Morgan fingerprint density at radius 1 is 1.50 bits per heavy atom. The quantitative estimate of drug-likeness (QED) is 0.914. The van der Waals surface area contributed by atoms with Crippen molar-refractivity contribution in [1.82, 2.24) is 15.4 Å². The van der Waals surface area contributed by atoms with Gasteiger partial charge < -0.3 is 14.7 Å². The van der Waals surface area contributed by atoms with Gasteiger partial charge in [-0.3, -0.25) is 4.79 Å². The predicted molar refractivity (Wildman–Crippen MR) is 79.0 cm³/mol. The summed E-state index contributed by atoms with van der Waals surface area (Å²) in [7, 11) is 0. The Morgan fingerprint density at radius 2 is 2.30 bits per heavy atom. The summed E-state index contributed by atoms with van der Waals surface area (Å²) in [5.74, 6) is 0.119. The van der Waals surface area contributed by atoms with Gasteiger partial charge in [0, 0.05) is 31.1 Å². The van der Waals surface area contributed by atoms with Gasteiger partial charge in [-0.2, -0.15) is 0 Å². The molecule has 0 aliphatic carbocycles. The first-order valence-corrected chi connectivity index (χ1v) is 6.59. The van der Waals surface area contributed by atoms with Crippen molar-refractivity contribution in [1.29, 1.82) is 0 Å². The summed E-state index contributed by atoms with van der Waals surface area (Å²) in [6, 6.07) is 7.87. The maximum absolute atomic E-state index is 12.3. The number of amides is 1. The van der Waals surface area contributed by atoms with Crippen molar-refractivity contribution < 1.29 is 9.32 Å². The van der Waals surface area contributed by atoms with Gasteiger partial charge in [0.15, 0.2) is 5.58 Å². The summed E-state index contributed by atoms with van der Waals surface area (Å²) in [6.45, 7) is 4.53. The molecule has 1 aromatic carbocycles. The number of fused-ring (bicyclic) bond motifs is 1. The van der Waals surface area contributed by atoms with Gasteiger partial charge in [-0.05, 0) is 19.1 Å². The van der Waals surface area contributed by atoms with E-state index in [4.69, 9.17) is 4.52 Å². The summed E-state index contributed by atoms with van der Waals surface area (Å²) >= 11 is 0. The van der Waals surface area contributed by atoms with Crippen LogP contribution in [-0.4, -0.2) is 41.6 Å². The number of rotatable bonds is 2. The van der Waals surface area contributed by atoms with Crippen LogP contribution in [0.3, 0.4) is 0 Å². The minimum absolute atomic E-state index is 0. The van der Waals surface area contributed by atoms with Crippen LogP contribution in [-0.2, 0) is 11.2 Å². The molecular weight excluding hydrogens is 278 g/mol. The third-order valence-corrected chi connectivity index (χ3v) is 3.59. The summed E-state index contributed by atoms with van der Waals surface area (Å²) in [5.41, 5.74) is 1.46. The maximum atomic E-state index is 12.3. The molecule has 1 saturated heterocycles. The molecule has 0 radical (unpaired) electrons. The number of carbonyl (C=O) groups is 1. The van der Waals surface area contributed by atoms with E-state index in [2.05, 4.69) is 17.4 Å². The lowest BCUT2D eigenvalue weighted by atomic mass is 10.1. The molecule has 5 nitrogen and oxygen atoms in total. The lowest BCUT2D eigenvalue weighted by molar-refractivity contribution is -0.133. The monoisotopic (exact) mass is 295 g/mol. The number of piperazine rings is 1. The number of hydrogen-bond acceptors (Lipinski definition) is 4. The van der Waals surface area contributed by atoms with E-state index in [-0.39, 0.29) is 24.4 Å². The lowest BCUT2D eigenvalue weighted by Gasteiger charge is -2.33. The second-order valence-corrected chi connectivity index (χ2v) is 4.94. The van der Waals surface area contributed by atoms with Crippen LogP contribution in [0.1, 0.15) is 12.6 Å². The molecule has 2 heterocycles. The molecular formula is C14H18ClN3O2. The zero-order valence-corrected chi connectivity index (χ0v) is 12.2. The molecule has 2 aromatic rings. The largest absolute Gasteiger partial charge is 0.356 e. The molecule has 1 fully saturated rings. The molecule has 1 amide bonds. The molecule has 108 valence electrons. The highest BCUT2D eigenvalue weighted by Gasteiger charge is 2.24. The Labute approximate surface area is 123 Å². The van der Waals surface area contributed by atoms with E-state index in [1.54, 1.807) is 0 Å². The van der Waals surface area contributed by atoms with Gasteiger partial charge in [0.05, 0.1) is 6.42 Å². The van der Waals surface area contributed by atoms with E-state index in [1.807, 2.05) is 29.2 Å². The predicted octanol–water partition coefficient (Wildman–Crippen LogP) is 1.61. The fourth-order valence-corrected chi connectivity index (χ4v) is 2.52. The molecule has 1 unspecified atom stereocenters. The Hall–Kier alpha value is -1.59. The van der Waals surface area contributed by atoms with Gasteiger partial charge in [0.1, 0.15) is 5.69 Å². The molecule has 6 heteroatoms. The highest BCUT2D eigenvalue weighted by atomic mass is 35.5. The fourth-order valence-electron chi connectivity index (χ4n) is 2.52. The molecule has 3 rings (SSSR count). The van der Waals surface area contributed by atoms with Crippen LogP contribution in [0.15, 0.2) is 28.8 Å². The second kappa shape index (κ2) is 6.24. The second-order valence-electron chi connectivity index (χ2n) is 4.94. The van der Waals surface area contributed by atoms with E-state index in [1.165, 1.54) is 0 Å². The van der Waals surface area contributed by atoms with Crippen molar-refractivity contribution in [3.05, 3.63) is 30.0 Å². The molecule has 1 aromatic heterocycles. The van der Waals surface area contributed by atoms with E-state index >= 15 is 0 Å². The average molecular weight is 296 g/mol. The molecule has 0 saturated carbocycles. The van der Waals surface area contributed by atoms with Crippen molar-refractivity contribution >= 4 is 29.3 Å². The molecule has 1 aliphatic rings. The van der Waals surface area contributed by atoms with Gasteiger partial charge in [0.2, 0.25) is 5.91 Å². The standard InChI is InChI=1S/C14H17N3O2.ClH/c1-10-9-15-6-7-17(10)14(18)8-12-11-4-2-3-5-13(11)19-16-12;/h2-5,10,15H,6-9H2,1H3;1H. The van der Waals surface area contributed by atoms with Crippen LogP contribution in [0.25, 0.3) is 11.0 Å². The summed E-state index contributed by atoms with van der Waals surface area (Å²) in [4.78, 5) is 14.3. The van der Waals surface area contributed by atoms with Gasteiger partial charge in [-0.1, -0.05) is 17.3 Å². The molecule has 1 atom stereocenters. The normalized spacial score (nSPS) is 18.9. The number of hydrogen-bond donors (Lipinski definition) is 1. The zero-order chi connectivity index (χ0) is 13.2. The molecule has 0 bridgehead atoms. The first-order chi connectivity index (χ1) is 9.25. The Balaban J connectivity index is 0.00000147. The highest BCUT2D eigenvalue weighted by Crippen LogP contribution is 2.19. The van der Waals surface area contributed by atoms with Gasteiger partial charge >= 0.3 is 0 Å². The van der Waals surface area contributed by atoms with E-state index in [0.29, 0.717) is 6.42 Å². The number of para-hydroxylation sites is 1. The molecule has 20 heavy (non-hydrogen) atoms. The SMILES string of the molecule is CC1CNCCN1C(=O)Cc1noc2ccccc12.Cl. The van der Waals surface area contributed by atoms with E-state index in [9.17, 15) is 4.79 Å². The smallest absolute Gasteiger partial charge is 0.229 e. The number of carbonyl (C=O) groups excluding carboxylic acids is 1. The van der Waals surface area contributed by atoms with Gasteiger partial charge in [-0.25, -0.2) is 0 Å². The first-order valence-electron chi connectivity index (χ1n) is 6.59. The minimum Gasteiger partial charge on any atom is -0.356 e. The summed E-state index contributed by atoms with van der Waals surface area (Å²) in [5, 5.41) is 8.23. The third-order valence-electron chi connectivity index (χ3n) is 3.59. The van der Waals surface area contributed by atoms with E-state index < -0.39 is 0 Å². The molecule has 0 spiro atoms. The minimum atomic E-state index is 0. The number of halogens is 1. The highest BCUT2D eigenvalue weighted by molar-refractivity contribution is 5.86. The topological polar surface area (TPSA) is 58.4 Å². The van der Waals surface area contributed by atoms with Crippen molar-refractivity contribution in [2.75, 3.05) is 19.6 Å². The fraction of sp³-hybridized carbons (Fsp3) is 0.429. The number of nitrogens with zero attached hydrogens (tertiary/aromatic N) is 2. The van der Waals surface area contributed by atoms with Crippen LogP contribution in [0.5, 0.6) is 0 Å². The number of aromatic nitrogens is 1. The molecule has 1 aliphatic heterocycles. The summed E-state index contributed by atoms with van der Waals surface area (Å²) in [6.07, 6.45) is 0.307. The number of nitrogens with one attached hydrogen (secondary N) is 1. The van der Waals surface area contributed by atoms with Gasteiger partial charge in [0.25, 0.3) is 0 Å². The van der Waals surface area contributed by atoms with E-state index in [0.717, 1.165) is 36.3 Å².